The van der Waals surface area contributed by atoms with Gasteiger partial charge in [0.25, 0.3) is 0 Å². The molecule has 6 rings (SSSR count). The van der Waals surface area contributed by atoms with E-state index in [9.17, 15) is 0 Å². The van der Waals surface area contributed by atoms with Crippen LogP contribution < -0.4 is 30.9 Å². The molecule has 0 radical (unpaired) electrons. The molecule has 0 aliphatic carbocycles. The summed E-state index contributed by atoms with van der Waals surface area (Å²) in [5, 5.41) is 5.40. The minimum Gasteiger partial charge on any atom is -0.491 e. The molecule has 5 heteroatoms. The fraction of sp³-hybridized carbons (Fsp3) is 0.118. The molecule has 0 amide bonds. The van der Waals surface area contributed by atoms with Crippen LogP contribution in [0.5, 0.6) is 5.75 Å². The Labute approximate surface area is 232 Å². The van der Waals surface area contributed by atoms with E-state index in [4.69, 9.17) is 14.0 Å². The van der Waals surface area contributed by atoms with E-state index in [-0.39, 0.29) is 6.10 Å². The monoisotopic (exact) mass is 526 g/mol. The van der Waals surface area contributed by atoms with Crippen LogP contribution in [0.2, 0.25) is 0 Å². The zero-order valence-electron chi connectivity index (χ0n) is 22.1. The summed E-state index contributed by atoms with van der Waals surface area (Å²) in [4.78, 5) is 0. The van der Waals surface area contributed by atoms with Gasteiger partial charge in [0.1, 0.15) is 12.4 Å². The van der Waals surface area contributed by atoms with Crippen molar-refractivity contribution >= 4 is 41.4 Å². The van der Waals surface area contributed by atoms with Gasteiger partial charge in [-0.3, -0.25) is 0 Å². The Morgan fingerprint density at radius 1 is 0.641 bits per heavy atom. The fourth-order valence-electron chi connectivity index (χ4n) is 5.49. The lowest BCUT2D eigenvalue weighted by Crippen LogP contribution is -2.74. The van der Waals surface area contributed by atoms with Crippen molar-refractivity contribution in [3.8, 4) is 5.75 Å². The normalized spacial score (nSPS) is 15.3. The predicted octanol–water partition coefficient (Wildman–Crippen LogP) is 3.56. The SMILES string of the molecule is Cc1ccc(OCC2COB(c3ccc([Si](c4ccccc4)(c4ccccc4)c4ccccc4)cc3)O2)cc1. The summed E-state index contributed by atoms with van der Waals surface area (Å²) in [5.74, 6) is 0.848. The van der Waals surface area contributed by atoms with Crippen LogP contribution in [0, 0.1) is 6.92 Å². The molecular weight excluding hydrogens is 495 g/mol. The lowest BCUT2D eigenvalue weighted by Gasteiger charge is -2.34. The summed E-state index contributed by atoms with van der Waals surface area (Å²) < 4.78 is 18.2. The van der Waals surface area contributed by atoms with Gasteiger partial charge in [0.2, 0.25) is 0 Å². The van der Waals surface area contributed by atoms with Crippen molar-refractivity contribution in [1.82, 2.24) is 0 Å². The van der Waals surface area contributed by atoms with Gasteiger partial charge in [-0.25, -0.2) is 0 Å². The van der Waals surface area contributed by atoms with Gasteiger partial charge in [-0.1, -0.05) is 133 Å². The number of benzene rings is 5. The molecule has 1 saturated heterocycles. The molecule has 192 valence electrons. The first-order valence-corrected chi connectivity index (χ1v) is 15.5. The number of hydrogen-bond acceptors (Lipinski definition) is 3. The highest BCUT2D eigenvalue weighted by Crippen LogP contribution is 2.15. The van der Waals surface area contributed by atoms with Crippen LogP contribution in [-0.2, 0) is 9.31 Å². The average Bonchev–Trinajstić information content (AvgIpc) is 3.49. The Kier molecular flexibility index (Phi) is 7.46. The number of hydrogen-bond donors (Lipinski definition) is 0. The maximum absolute atomic E-state index is 6.24. The Morgan fingerprint density at radius 3 is 1.64 bits per heavy atom. The molecule has 1 unspecified atom stereocenters. The first-order valence-electron chi connectivity index (χ1n) is 13.5. The quantitative estimate of drug-likeness (QED) is 0.229. The highest BCUT2D eigenvalue weighted by molar-refractivity contribution is 7.19. The van der Waals surface area contributed by atoms with Crippen LogP contribution in [0.4, 0.5) is 0 Å². The molecular formula is C34H31BO3Si. The molecule has 0 spiro atoms. The molecule has 0 bridgehead atoms. The largest absolute Gasteiger partial charge is 0.494 e. The molecule has 1 fully saturated rings. The first-order chi connectivity index (χ1) is 19.2. The summed E-state index contributed by atoms with van der Waals surface area (Å²) in [7, 11) is -2.93. The molecule has 5 aromatic carbocycles. The summed E-state index contributed by atoms with van der Waals surface area (Å²) >= 11 is 0. The van der Waals surface area contributed by atoms with Gasteiger partial charge in [-0.05, 0) is 45.3 Å². The molecule has 0 aromatic heterocycles. The Morgan fingerprint density at radius 2 is 1.13 bits per heavy atom. The topological polar surface area (TPSA) is 27.7 Å². The van der Waals surface area contributed by atoms with Gasteiger partial charge in [-0.2, -0.15) is 0 Å². The van der Waals surface area contributed by atoms with Crippen molar-refractivity contribution in [2.45, 2.75) is 13.0 Å². The highest BCUT2D eigenvalue weighted by atomic mass is 28.3. The van der Waals surface area contributed by atoms with Crippen LogP contribution in [-0.4, -0.2) is 34.5 Å². The third-order valence-electron chi connectivity index (χ3n) is 7.44. The maximum atomic E-state index is 6.24. The minimum absolute atomic E-state index is 0.109. The van der Waals surface area contributed by atoms with E-state index >= 15 is 0 Å². The van der Waals surface area contributed by atoms with Crippen molar-refractivity contribution < 1.29 is 14.0 Å². The van der Waals surface area contributed by atoms with Crippen molar-refractivity contribution in [3.63, 3.8) is 0 Å². The highest BCUT2D eigenvalue weighted by Gasteiger charge is 2.41. The second-order valence-electron chi connectivity index (χ2n) is 10.0. The maximum Gasteiger partial charge on any atom is 0.494 e. The third-order valence-corrected chi connectivity index (χ3v) is 12.2. The van der Waals surface area contributed by atoms with Gasteiger partial charge >= 0.3 is 7.12 Å². The second-order valence-corrected chi connectivity index (χ2v) is 13.8. The van der Waals surface area contributed by atoms with Gasteiger partial charge in [0.05, 0.1) is 12.7 Å². The van der Waals surface area contributed by atoms with Crippen LogP contribution in [0.1, 0.15) is 5.56 Å². The molecule has 0 saturated carbocycles. The van der Waals surface area contributed by atoms with E-state index in [1.807, 2.05) is 12.1 Å². The Hall–Kier alpha value is -3.90. The zero-order chi connectivity index (χ0) is 26.5. The van der Waals surface area contributed by atoms with Crippen LogP contribution >= 0.6 is 0 Å². The lowest BCUT2D eigenvalue weighted by atomic mass is 9.79. The molecule has 1 aliphatic heterocycles. The number of ether oxygens (including phenoxy) is 1. The van der Waals surface area contributed by atoms with Crippen molar-refractivity contribution in [1.29, 1.82) is 0 Å². The predicted molar refractivity (Wildman–Crippen MR) is 163 cm³/mol. The van der Waals surface area contributed by atoms with Crippen LogP contribution in [0.3, 0.4) is 0 Å². The summed E-state index contributed by atoms with van der Waals surface area (Å²) in [5.41, 5.74) is 2.24. The molecule has 5 aromatic rings. The molecule has 3 nitrogen and oxygen atoms in total. The number of rotatable bonds is 8. The molecule has 1 heterocycles. The third kappa shape index (κ3) is 5.21. The zero-order valence-corrected chi connectivity index (χ0v) is 23.1. The van der Waals surface area contributed by atoms with Crippen molar-refractivity contribution in [2.24, 2.45) is 0 Å². The van der Waals surface area contributed by atoms with E-state index in [1.54, 1.807) is 0 Å². The lowest BCUT2D eigenvalue weighted by molar-refractivity contribution is 0.148. The average molecular weight is 527 g/mol. The van der Waals surface area contributed by atoms with Gasteiger partial charge < -0.3 is 14.0 Å². The number of aryl methyl sites for hydroxylation is 1. The molecule has 1 atom stereocenters. The van der Waals surface area contributed by atoms with Crippen molar-refractivity contribution in [2.75, 3.05) is 13.2 Å². The minimum atomic E-state index is -2.53. The van der Waals surface area contributed by atoms with Crippen LogP contribution in [0.15, 0.2) is 140 Å². The van der Waals surface area contributed by atoms with Gasteiger partial charge in [-0.15, -0.1) is 0 Å². The van der Waals surface area contributed by atoms with Gasteiger partial charge in [0.15, 0.2) is 8.07 Å². The molecule has 1 aliphatic rings. The van der Waals surface area contributed by atoms with E-state index in [0.717, 1.165) is 11.2 Å². The molecule has 0 N–H and O–H groups in total. The Balaban J connectivity index is 1.30. The second kappa shape index (κ2) is 11.5. The van der Waals surface area contributed by atoms with E-state index in [0.29, 0.717) is 13.2 Å². The smallest absolute Gasteiger partial charge is 0.491 e. The summed E-state index contributed by atoms with van der Waals surface area (Å²) in [6.07, 6.45) is -0.109. The fourth-order valence-corrected chi connectivity index (χ4v) is 10.2. The van der Waals surface area contributed by atoms with E-state index in [2.05, 4.69) is 134 Å². The standard InChI is InChI=1S/C34H31BO3Si/c1-27-17-21-29(22-18-27)36-25-30-26-37-35(38-30)28-19-23-34(24-20-28)39(31-11-5-2-6-12-31,32-13-7-3-8-14-32)33-15-9-4-10-16-33/h2-24,30H,25-26H2,1H3. The van der Waals surface area contributed by atoms with Crippen LogP contribution in [0.25, 0.3) is 0 Å². The van der Waals surface area contributed by atoms with E-state index < -0.39 is 15.2 Å². The summed E-state index contributed by atoms with van der Waals surface area (Å²) in [6, 6.07) is 49.8. The summed E-state index contributed by atoms with van der Waals surface area (Å²) in [6.45, 7) is 3.04. The van der Waals surface area contributed by atoms with E-state index in [1.165, 1.54) is 26.3 Å². The Bertz CT molecular complexity index is 1380. The van der Waals surface area contributed by atoms with Gasteiger partial charge in [0, 0.05) is 0 Å². The molecule has 39 heavy (non-hydrogen) atoms. The first kappa shape index (κ1) is 25.4. The van der Waals surface area contributed by atoms with Crippen molar-refractivity contribution in [3.05, 3.63) is 145 Å².